The standard InChI is InChI=1S/C15H22N2O.ClH/c1-11(2)9-17-15(18)13-5-3-12(4-6-13)10-16-14-7-8-14;/h3-6,11,14,16H,7-10H2,1-2H3,(H,17,18);1H. The van der Waals surface area contributed by atoms with Gasteiger partial charge in [0, 0.05) is 24.7 Å². The Kier molecular flexibility index (Phi) is 6.32. The fraction of sp³-hybridized carbons (Fsp3) is 0.533. The highest BCUT2D eigenvalue weighted by Crippen LogP contribution is 2.19. The van der Waals surface area contributed by atoms with Crippen LogP contribution < -0.4 is 10.6 Å². The minimum Gasteiger partial charge on any atom is -0.352 e. The molecule has 0 unspecified atom stereocenters. The van der Waals surface area contributed by atoms with E-state index in [0.717, 1.165) is 24.7 Å². The molecule has 106 valence electrons. The fourth-order valence-electron chi connectivity index (χ4n) is 1.72. The molecule has 19 heavy (non-hydrogen) atoms. The van der Waals surface area contributed by atoms with E-state index < -0.39 is 0 Å². The smallest absolute Gasteiger partial charge is 0.251 e. The molecule has 3 nitrogen and oxygen atoms in total. The molecule has 0 saturated heterocycles. The molecule has 1 fully saturated rings. The summed E-state index contributed by atoms with van der Waals surface area (Å²) in [6.07, 6.45) is 2.60. The van der Waals surface area contributed by atoms with Gasteiger partial charge >= 0.3 is 0 Å². The summed E-state index contributed by atoms with van der Waals surface area (Å²) in [6.45, 7) is 5.81. The number of halogens is 1. The first-order valence-corrected chi connectivity index (χ1v) is 6.75. The zero-order valence-electron chi connectivity index (χ0n) is 11.6. The molecular formula is C15H23ClN2O. The first kappa shape index (κ1) is 16.0. The van der Waals surface area contributed by atoms with Gasteiger partial charge in [-0.05, 0) is 36.5 Å². The summed E-state index contributed by atoms with van der Waals surface area (Å²) >= 11 is 0. The van der Waals surface area contributed by atoms with Crippen molar-refractivity contribution in [3.63, 3.8) is 0 Å². The molecule has 1 amide bonds. The van der Waals surface area contributed by atoms with Gasteiger partial charge in [-0.3, -0.25) is 4.79 Å². The highest BCUT2D eigenvalue weighted by atomic mass is 35.5. The number of amides is 1. The van der Waals surface area contributed by atoms with Crippen molar-refractivity contribution in [1.82, 2.24) is 10.6 Å². The molecule has 0 atom stereocenters. The van der Waals surface area contributed by atoms with Gasteiger partial charge in [0.05, 0.1) is 0 Å². The van der Waals surface area contributed by atoms with Gasteiger partial charge < -0.3 is 10.6 Å². The first-order chi connectivity index (χ1) is 8.65. The van der Waals surface area contributed by atoms with Gasteiger partial charge in [0.15, 0.2) is 0 Å². The molecule has 1 aliphatic carbocycles. The van der Waals surface area contributed by atoms with E-state index in [2.05, 4.69) is 24.5 Å². The number of rotatable bonds is 6. The Hall–Kier alpha value is -1.06. The van der Waals surface area contributed by atoms with Gasteiger partial charge in [0.25, 0.3) is 5.91 Å². The quantitative estimate of drug-likeness (QED) is 0.842. The lowest BCUT2D eigenvalue weighted by Gasteiger charge is -2.08. The molecule has 0 spiro atoms. The molecule has 4 heteroatoms. The molecule has 0 aliphatic heterocycles. The maximum atomic E-state index is 11.8. The second-order valence-corrected chi connectivity index (χ2v) is 5.46. The van der Waals surface area contributed by atoms with Gasteiger partial charge in [0.1, 0.15) is 0 Å². The zero-order chi connectivity index (χ0) is 13.0. The van der Waals surface area contributed by atoms with E-state index in [4.69, 9.17) is 0 Å². The molecular weight excluding hydrogens is 260 g/mol. The third-order valence-corrected chi connectivity index (χ3v) is 3.06. The lowest BCUT2D eigenvalue weighted by Crippen LogP contribution is -2.27. The van der Waals surface area contributed by atoms with Gasteiger partial charge in [-0.2, -0.15) is 0 Å². The molecule has 1 saturated carbocycles. The maximum Gasteiger partial charge on any atom is 0.251 e. The van der Waals surface area contributed by atoms with E-state index in [1.54, 1.807) is 0 Å². The third kappa shape index (κ3) is 5.62. The van der Waals surface area contributed by atoms with Crippen LogP contribution in [0.2, 0.25) is 0 Å². The van der Waals surface area contributed by atoms with E-state index in [-0.39, 0.29) is 18.3 Å². The number of carbonyl (C=O) groups is 1. The maximum absolute atomic E-state index is 11.8. The van der Waals surface area contributed by atoms with Gasteiger partial charge in [-0.1, -0.05) is 26.0 Å². The number of nitrogens with one attached hydrogen (secondary N) is 2. The van der Waals surface area contributed by atoms with Gasteiger partial charge in [-0.25, -0.2) is 0 Å². The first-order valence-electron chi connectivity index (χ1n) is 6.75. The highest BCUT2D eigenvalue weighted by molar-refractivity contribution is 5.94. The number of benzene rings is 1. The van der Waals surface area contributed by atoms with Crippen LogP contribution in [0.5, 0.6) is 0 Å². The Bertz CT molecular complexity index is 399. The summed E-state index contributed by atoms with van der Waals surface area (Å²) in [6, 6.07) is 8.58. The number of carbonyl (C=O) groups excluding carboxylic acids is 1. The Morgan fingerprint density at radius 3 is 2.42 bits per heavy atom. The SMILES string of the molecule is CC(C)CNC(=O)c1ccc(CNC2CC2)cc1.Cl. The van der Waals surface area contributed by atoms with E-state index in [1.807, 2.05) is 24.3 Å². The van der Waals surface area contributed by atoms with Crippen molar-refractivity contribution in [2.24, 2.45) is 5.92 Å². The van der Waals surface area contributed by atoms with Crippen molar-refractivity contribution in [3.05, 3.63) is 35.4 Å². The monoisotopic (exact) mass is 282 g/mol. The fourth-order valence-corrected chi connectivity index (χ4v) is 1.72. The minimum absolute atomic E-state index is 0. The molecule has 1 aromatic rings. The predicted molar refractivity (Wildman–Crippen MR) is 80.7 cm³/mol. The zero-order valence-corrected chi connectivity index (χ0v) is 12.4. The Morgan fingerprint density at radius 2 is 1.89 bits per heavy atom. The van der Waals surface area contributed by atoms with Gasteiger partial charge in [-0.15, -0.1) is 12.4 Å². The Labute approximate surface area is 121 Å². The average Bonchev–Trinajstić information content (AvgIpc) is 3.18. The lowest BCUT2D eigenvalue weighted by molar-refractivity contribution is 0.0949. The lowest BCUT2D eigenvalue weighted by atomic mass is 10.1. The Balaban J connectivity index is 0.00000180. The summed E-state index contributed by atoms with van der Waals surface area (Å²) in [5.41, 5.74) is 1.98. The molecule has 2 N–H and O–H groups in total. The van der Waals surface area contributed by atoms with E-state index in [0.29, 0.717) is 5.92 Å². The topological polar surface area (TPSA) is 41.1 Å². The minimum atomic E-state index is 0. The van der Waals surface area contributed by atoms with Crippen LogP contribution in [0, 0.1) is 5.92 Å². The van der Waals surface area contributed by atoms with E-state index >= 15 is 0 Å². The molecule has 0 heterocycles. The predicted octanol–water partition coefficient (Wildman–Crippen LogP) is 2.75. The van der Waals surface area contributed by atoms with E-state index in [1.165, 1.54) is 18.4 Å². The third-order valence-electron chi connectivity index (χ3n) is 3.06. The van der Waals surface area contributed by atoms with Crippen LogP contribution >= 0.6 is 12.4 Å². The molecule has 1 aliphatic rings. The molecule has 0 radical (unpaired) electrons. The largest absolute Gasteiger partial charge is 0.352 e. The van der Waals surface area contributed by atoms with Crippen molar-refractivity contribution in [3.8, 4) is 0 Å². The molecule has 0 aromatic heterocycles. The van der Waals surface area contributed by atoms with Crippen LogP contribution in [-0.4, -0.2) is 18.5 Å². The highest BCUT2D eigenvalue weighted by Gasteiger charge is 2.19. The molecule has 2 rings (SSSR count). The normalized spacial score (nSPS) is 14.1. The van der Waals surface area contributed by atoms with Gasteiger partial charge in [0.2, 0.25) is 0 Å². The average molecular weight is 283 g/mol. The summed E-state index contributed by atoms with van der Waals surface area (Å²) in [4.78, 5) is 11.8. The van der Waals surface area contributed by atoms with Crippen LogP contribution in [0.4, 0.5) is 0 Å². The van der Waals surface area contributed by atoms with Crippen LogP contribution in [-0.2, 0) is 6.54 Å². The van der Waals surface area contributed by atoms with Crippen molar-refractivity contribution < 1.29 is 4.79 Å². The molecule has 1 aromatic carbocycles. The van der Waals surface area contributed by atoms with Crippen molar-refractivity contribution in [1.29, 1.82) is 0 Å². The van der Waals surface area contributed by atoms with Crippen LogP contribution in [0.1, 0.15) is 42.6 Å². The molecule has 0 bridgehead atoms. The second kappa shape index (κ2) is 7.51. The summed E-state index contributed by atoms with van der Waals surface area (Å²) in [5, 5.41) is 6.38. The van der Waals surface area contributed by atoms with Crippen LogP contribution in [0.3, 0.4) is 0 Å². The van der Waals surface area contributed by atoms with Crippen LogP contribution in [0.15, 0.2) is 24.3 Å². The Morgan fingerprint density at radius 1 is 1.26 bits per heavy atom. The van der Waals surface area contributed by atoms with Crippen molar-refractivity contribution in [2.75, 3.05) is 6.54 Å². The summed E-state index contributed by atoms with van der Waals surface area (Å²) in [7, 11) is 0. The number of hydrogen-bond acceptors (Lipinski definition) is 2. The van der Waals surface area contributed by atoms with Crippen molar-refractivity contribution >= 4 is 18.3 Å². The van der Waals surface area contributed by atoms with Crippen LogP contribution in [0.25, 0.3) is 0 Å². The second-order valence-electron chi connectivity index (χ2n) is 5.46. The summed E-state index contributed by atoms with van der Waals surface area (Å²) < 4.78 is 0. The van der Waals surface area contributed by atoms with Crippen molar-refractivity contribution in [2.45, 2.75) is 39.3 Å². The number of hydrogen-bond donors (Lipinski definition) is 2. The van der Waals surface area contributed by atoms with E-state index in [9.17, 15) is 4.79 Å². The summed E-state index contributed by atoms with van der Waals surface area (Å²) in [5.74, 6) is 0.501.